The van der Waals surface area contributed by atoms with Crippen LogP contribution in [-0.4, -0.2) is 32.9 Å². The van der Waals surface area contributed by atoms with Gasteiger partial charge in [-0.25, -0.2) is 18.4 Å². The van der Waals surface area contributed by atoms with Crippen molar-refractivity contribution in [2.24, 2.45) is 0 Å². The number of aromatic nitrogens is 5. The van der Waals surface area contributed by atoms with Gasteiger partial charge in [-0.1, -0.05) is 18.2 Å². The second kappa shape index (κ2) is 8.56. The third-order valence-electron chi connectivity index (χ3n) is 5.09. The van der Waals surface area contributed by atoms with Crippen LogP contribution in [0, 0.1) is 13.8 Å². The number of nitrogens with one attached hydrogen (secondary N) is 1. The molecule has 170 valence electrons. The fraction of sp³-hybridized carbons (Fsp3) is 0.0833. The average molecular weight is 473 g/mol. The van der Waals surface area contributed by atoms with Gasteiger partial charge in [0.1, 0.15) is 28.1 Å². The van der Waals surface area contributed by atoms with Crippen molar-refractivity contribution in [3.8, 4) is 17.4 Å². The van der Waals surface area contributed by atoms with E-state index in [4.69, 9.17) is 4.74 Å². The van der Waals surface area contributed by atoms with Gasteiger partial charge in [0, 0.05) is 35.7 Å². The molecule has 2 aromatic carbocycles. The maximum atomic E-state index is 13.0. The lowest BCUT2D eigenvalue weighted by molar-refractivity contribution is 0.459. The highest BCUT2D eigenvalue weighted by molar-refractivity contribution is 7.93. The molecule has 0 unspecified atom stereocenters. The van der Waals surface area contributed by atoms with Gasteiger partial charge in [0.05, 0.1) is 5.52 Å². The van der Waals surface area contributed by atoms with E-state index in [0.29, 0.717) is 34.5 Å². The number of hydrogen-bond acceptors (Lipinski definition) is 7. The molecule has 5 rings (SSSR count). The van der Waals surface area contributed by atoms with Crippen molar-refractivity contribution in [1.29, 1.82) is 0 Å². The highest BCUT2D eigenvalue weighted by Gasteiger charge is 2.18. The molecule has 0 fully saturated rings. The topological polar surface area (TPSA) is 112 Å². The van der Waals surface area contributed by atoms with Gasteiger partial charge in [0.2, 0.25) is 5.88 Å². The summed E-state index contributed by atoms with van der Waals surface area (Å²) in [5.41, 5.74) is 0.814. The first-order valence-electron chi connectivity index (χ1n) is 10.4. The van der Waals surface area contributed by atoms with Crippen LogP contribution in [0.15, 0.2) is 84.1 Å². The number of para-hydroxylation sites is 1. The van der Waals surface area contributed by atoms with Gasteiger partial charge >= 0.3 is 0 Å². The minimum absolute atomic E-state index is 0.115. The van der Waals surface area contributed by atoms with Crippen LogP contribution in [-0.2, 0) is 10.0 Å². The molecule has 0 saturated carbocycles. The molecule has 0 aliphatic rings. The van der Waals surface area contributed by atoms with Gasteiger partial charge in [-0.3, -0.25) is 14.3 Å². The first-order valence-corrected chi connectivity index (χ1v) is 11.9. The maximum absolute atomic E-state index is 13.0. The van der Waals surface area contributed by atoms with Crippen molar-refractivity contribution < 1.29 is 13.2 Å². The highest BCUT2D eigenvalue weighted by atomic mass is 32.2. The number of anilines is 1. The Morgan fingerprint density at radius 2 is 1.71 bits per heavy atom. The third-order valence-corrected chi connectivity index (χ3v) is 6.50. The smallest absolute Gasteiger partial charge is 0.264 e. The van der Waals surface area contributed by atoms with E-state index in [-0.39, 0.29) is 4.90 Å². The molecule has 0 saturated heterocycles. The predicted octanol–water partition coefficient (Wildman–Crippen LogP) is 4.42. The van der Waals surface area contributed by atoms with Gasteiger partial charge in [-0.15, -0.1) is 0 Å². The Morgan fingerprint density at radius 1 is 0.912 bits per heavy atom. The molecule has 9 nitrogen and oxygen atoms in total. The molecule has 5 aromatic rings. The van der Waals surface area contributed by atoms with Crippen LogP contribution >= 0.6 is 0 Å². The standard InChI is InChI=1S/C24H20N6O3S/c1-16-27-22(30-14-13-25-17(30)2)15-23(28-16)33-20-10-8-19(9-11-20)29-34(31,32)21-7-3-5-18-6-4-12-26-24(18)21/h3-15,29H,1-2H3. The van der Waals surface area contributed by atoms with Gasteiger partial charge in [0.25, 0.3) is 10.0 Å². The summed E-state index contributed by atoms with van der Waals surface area (Å²) in [4.78, 5) is 17.3. The van der Waals surface area contributed by atoms with Crippen LogP contribution in [0.5, 0.6) is 11.6 Å². The Labute approximate surface area is 196 Å². The van der Waals surface area contributed by atoms with Crippen molar-refractivity contribution in [2.75, 3.05) is 4.72 Å². The van der Waals surface area contributed by atoms with Gasteiger partial charge in [0.15, 0.2) is 0 Å². The summed E-state index contributed by atoms with van der Waals surface area (Å²) >= 11 is 0. The summed E-state index contributed by atoms with van der Waals surface area (Å²) in [5.74, 6) is 2.85. The monoisotopic (exact) mass is 472 g/mol. The fourth-order valence-corrected chi connectivity index (χ4v) is 4.78. The summed E-state index contributed by atoms with van der Waals surface area (Å²) in [6.07, 6.45) is 5.08. The summed E-state index contributed by atoms with van der Waals surface area (Å²) < 4.78 is 36.3. The zero-order chi connectivity index (χ0) is 23.7. The minimum atomic E-state index is -3.83. The van der Waals surface area contributed by atoms with Gasteiger partial charge in [-0.2, -0.15) is 4.98 Å². The SMILES string of the molecule is Cc1nc(Oc2ccc(NS(=O)(=O)c3cccc4cccnc34)cc2)cc(-n2ccnc2C)n1. The van der Waals surface area contributed by atoms with Crippen LogP contribution in [0.3, 0.4) is 0 Å². The summed E-state index contributed by atoms with van der Waals surface area (Å²) in [6.45, 7) is 3.66. The number of benzene rings is 2. The number of pyridine rings is 1. The number of ether oxygens (including phenoxy) is 1. The molecular formula is C24H20N6O3S. The molecule has 10 heteroatoms. The van der Waals surface area contributed by atoms with E-state index >= 15 is 0 Å². The molecule has 0 bridgehead atoms. The van der Waals surface area contributed by atoms with E-state index in [9.17, 15) is 8.42 Å². The summed E-state index contributed by atoms with van der Waals surface area (Å²) in [6, 6.07) is 16.9. The molecular weight excluding hydrogens is 452 g/mol. The molecule has 0 atom stereocenters. The molecule has 34 heavy (non-hydrogen) atoms. The molecule has 0 spiro atoms. The third kappa shape index (κ3) is 4.30. The maximum Gasteiger partial charge on any atom is 0.264 e. The number of fused-ring (bicyclic) bond motifs is 1. The Balaban J connectivity index is 1.36. The lowest BCUT2D eigenvalue weighted by atomic mass is 10.2. The largest absolute Gasteiger partial charge is 0.439 e. The lowest BCUT2D eigenvalue weighted by Crippen LogP contribution is -2.13. The Morgan fingerprint density at radius 3 is 2.47 bits per heavy atom. The minimum Gasteiger partial charge on any atom is -0.439 e. The van der Waals surface area contributed by atoms with Gasteiger partial charge in [-0.05, 0) is 50.2 Å². The highest BCUT2D eigenvalue weighted by Crippen LogP contribution is 2.26. The number of sulfonamides is 1. The van der Waals surface area contributed by atoms with Crippen LogP contribution < -0.4 is 9.46 Å². The second-order valence-electron chi connectivity index (χ2n) is 7.52. The Bertz CT molecular complexity index is 1590. The van der Waals surface area contributed by atoms with Crippen LogP contribution in [0.1, 0.15) is 11.6 Å². The summed E-state index contributed by atoms with van der Waals surface area (Å²) in [7, 11) is -3.83. The number of imidazole rings is 1. The zero-order valence-corrected chi connectivity index (χ0v) is 19.2. The predicted molar refractivity (Wildman–Crippen MR) is 128 cm³/mol. The van der Waals surface area contributed by atoms with E-state index in [2.05, 4.69) is 24.7 Å². The van der Waals surface area contributed by atoms with Crippen LogP contribution in [0.2, 0.25) is 0 Å². The van der Waals surface area contributed by atoms with Gasteiger partial charge < -0.3 is 4.74 Å². The molecule has 3 aromatic heterocycles. The molecule has 0 aliphatic carbocycles. The lowest BCUT2D eigenvalue weighted by Gasteiger charge is -2.11. The first-order chi connectivity index (χ1) is 16.4. The summed E-state index contributed by atoms with van der Waals surface area (Å²) in [5, 5.41) is 0.750. The van der Waals surface area contributed by atoms with Crippen molar-refractivity contribution in [1.82, 2.24) is 24.5 Å². The number of aryl methyl sites for hydroxylation is 2. The van der Waals surface area contributed by atoms with Crippen molar-refractivity contribution in [3.63, 3.8) is 0 Å². The molecule has 0 radical (unpaired) electrons. The zero-order valence-electron chi connectivity index (χ0n) is 18.4. The van der Waals surface area contributed by atoms with E-state index in [1.807, 2.05) is 29.8 Å². The average Bonchev–Trinajstić information content (AvgIpc) is 3.25. The molecule has 3 heterocycles. The Kier molecular flexibility index (Phi) is 5.42. The first kappa shape index (κ1) is 21.5. The molecule has 1 N–H and O–H groups in total. The van der Waals surface area contributed by atoms with Crippen molar-refractivity contribution in [2.45, 2.75) is 18.7 Å². The molecule has 0 aliphatic heterocycles. The normalized spacial score (nSPS) is 11.5. The van der Waals surface area contributed by atoms with Crippen LogP contribution in [0.4, 0.5) is 5.69 Å². The number of nitrogens with zero attached hydrogens (tertiary/aromatic N) is 5. The van der Waals surface area contributed by atoms with Crippen molar-refractivity contribution in [3.05, 3.63) is 90.9 Å². The van der Waals surface area contributed by atoms with Crippen LogP contribution in [0.25, 0.3) is 16.7 Å². The van der Waals surface area contributed by atoms with Crippen molar-refractivity contribution >= 4 is 26.6 Å². The second-order valence-corrected chi connectivity index (χ2v) is 9.17. The van der Waals surface area contributed by atoms with E-state index in [1.54, 1.807) is 61.8 Å². The quantitative estimate of drug-likeness (QED) is 0.389. The Hall–Kier alpha value is -4.31. The number of hydrogen-bond donors (Lipinski definition) is 1. The van der Waals surface area contributed by atoms with E-state index < -0.39 is 10.0 Å². The number of rotatable bonds is 6. The van der Waals surface area contributed by atoms with E-state index in [1.165, 1.54) is 6.07 Å². The molecule has 0 amide bonds. The fourth-order valence-electron chi connectivity index (χ4n) is 3.54. The van der Waals surface area contributed by atoms with E-state index in [0.717, 1.165) is 11.2 Å².